The normalized spacial score (nSPS) is 16.9. The van der Waals surface area contributed by atoms with Crippen molar-refractivity contribution in [2.45, 2.75) is 32.7 Å². The highest BCUT2D eigenvalue weighted by Gasteiger charge is 2.29. The van der Waals surface area contributed by atoms with Gasteiger partial charge in [-0.05, 0) is 49.8 Å². The van der Waals surface area contributed by atoms with E-state index >= 15 is 0 Å². The third kappa shape index (κ3) is 4.98. The number of anilines is 2. The molecule has 1 amide bonds. The summed E-state index contributed by atoms with van der Waals surface area (Å²) in [4.78, 5) is 18.7. The predicted octanol–water partition coefficient (Wildman–Crippen LogP) is 4.55. The molecule has 29 heavy (non-hydrogen) atoms. The van der Waals surface area contributed by atoms with E-state index < -0.39 is 17.6 Å². The maximum atomic E-state index is 14.5. The van der Waals surface area contributed by atoms with Crippen LogP contribution in [-0.2, 0) is 4.79 Å². The van der Waals surface area contributed by atoms with Gasteiger partial charge in [-0.25, -0.2) is 8.78 Å². The molecule has 1 heterocycles. The van der Waals surface area contributed by atoms with Gasteiger partial charge in [0.2, 0.25) is 5.91 Å². The van der Waals surface area contributed by atoms with Crippen molar-refractivity contribution in [3.05, 3.63) is 53.6 Å². The average molecular weight is 400 g/mol. The van der Waals surface area contributed by atoms with Crippen molar-refractivity contribution in [3.63, 3.8) is 0 Å². The molecule has 0 saturated heterocycles. The van der Waals surface area contributed by atoms with E-state index in [2.05, 4.69) is 34.4 Å². The van der Waals surface area contributed by atoms with Crippen LogP contribution in [0.15, 0.2) is 41.4 Å². The van der Waals surface area contributed by atoms with E-state index in [1.54, 1.807) is 18.2 Å². The van der Waals surface area contributed by atoms with Crippen molar-refractivity contribution in [1.82, 2.24) is 4.90 Å². The Hall–Kier alpha value is -2.80. The first-order valence-electron chi connectivity index (χ1n) is 9.84. The lowest BCUT2D eigenvalue weighted by Crippen LogP contribution is -2.34. The maximum absolute atomic E-state index is 14.5. The maximum Gasteiger partial charge on any atom is 0.237 e. The number of likely N-dealkylation sites (N-methyl/N-ethyl adjacent to an activating group) is 1. The molecular formula is C22H26F2N4O. The van der Waals surface area contributed by atoms with Crippen LogP contribution in [0, 0.1) is 11.6 Å². The van der Waals surface area contributed by atoms with Crippen molar-refractivity contribution in [3.8, 4) is 0 Å². The molecule has 0 saturated carbocycles. The largest absolute Gasteiger partial charge is 0.379 e. The van der Waals surface area contributed by atoms with Gasteiger partial charge in [-0.3, -0.25) is 9.79 Å². The Kier molecular flexibility index (Phi) is 6.59. The molecule has 154 valence electrons. The summed E-state index contributed by atoms with van der Waals surface area (Å²) in [6.07, 6.45) is 1.46. The fourth-order valence-corrected chi connectivity index (χ4v) is 3.45. The molecular weight excluding hydrogens is 374 g/mol. The highest BCUT2D eigenvalue weighted by molar-refractivity contribution is 6.12. The van der Waals surface area contributed by atoms with Crippen LogP contribution in [0.3, 0.4) is 0 Å². The van der Waals surface area contributed by atoms with Crippen LogP contribution in [0.4, 0.5) is 25.8 Å². The van der Waals surface area contributed by atoms with Crippen LogP contribution in [0.2, 0.25) is 0 Å². The van der Waals surface area contributed by atoms with Crippen LogP contribution in [0.5, 0.6) is 0 Å². The van der Waals surface area contributed by atoms with Crippen molar-refractivity contribution >= 4 is 29.2 Å². The fraction of sp³-hybridized carbons (Fsp3) is 0.364. The topological polar surface area (TPSA) is 56.7 Å². The Labute approximate surface area is 169 Å². The molecule has 0 radical (unpaired) electrons. The van der Waals surface area contributed by atoms with Gasteiger partial charge in [0.25, 0.3) is 0 Å². The van der Waals surface area contributed by atoms with Gasteiger partial charge in [0.1, 0.15) is 17.6 Å². The van der Waals surface area contributed by atoms with Crippen LogP contribution in [0.1, 0.15) is 32.3 Å². The molecule has 0 spiro atoms. The summed E-state index contributed by atoms with van der Waals surface area (Å²) in [6.45, 7) is 8.94. The molecule has 7 heteroatoms. The zero-order valence-electron chi connectivity index (χ0n) is 16.9. The number of carbonyl (C=O) groups excluding carboxylic acids is 1. The van der Waals surface area contributed by atoms with E-state index in [-0.39, 0.29) is 11.9 Å². The predicted molar refractivity (Wildman–Crippen MR) is 113 cm³/mol. The molecule has 3 rings (SSSR count). The van der Waals surface area contributed by atoms with Crippen LogP contribution in [0.25, 0.3) is 0 Å². The van der Waals surface area contributed by atoms with Gasteiger partial charge in [0.15, 0.2) is 0 Å². The van der Waals surface area contributed by atoms with Crippen LogP contribution in [-0.4, -0.2) is 42.7 Å². The fourth-order valence-electron chi connectivity index (χ4n) is 3.45. The Morgan fingerprint density at radius 1 is 1.21 bits per heavy atom. The minimum atomic E-state index is -0.624. The molecule has 1 aliphatic rings. The van der Waals surface area contributed by atoms with Crippen LogP contribution >= 0.6 is 0 Å². The van der Waals surface area contributed by atoms with E-state index in [1.807, 2.05) is 6.92 Å². The minimum Gasteiger partial charge on any atom is -0.379 e. The number of amides is 1. The molecule has 0 fully saturated rings. The Balaban J connectivity index is 1.69. The number of fused-ring (bicyclic) bond motifs is 1. The summed E-state index contributed by atoms with van der Waals surface area (Å²) >= 11 is 0. The molecule has 1 aliphatic heterocycles. The number of nitrogens with zero attached hydrogens (tertiary/aromatic N) is 2. The Morgan fingerprint density at radius 2 is 1.97 bits per heavy atom. The van der Waals surface area contributed by atoms with Gasteiger partial charge in [0, 0.05) is 30.6 Å². The summed E-state index contributed by atoms with van der Waals surface area (Å²) in [6, 6.07) is 8.92. The number of benzene rings is 2. The van der Waals surface area contributed by atoms with E-state index in [9.17, 15) is 13.6 Å². The van der Waals surface area contributed by atoms with E-state index in [4.69, 9.17) is 0 Å². The number of nitrogens with one attached hydrogen (secondary N) is 2. The number of hydrogen-bond acceptors (Lipinski definition) is 4. The molecule has 2 aromatic rings. The molecule has 2 N–H and O–H groups in total. The second-order valence-electron chi connectivity index (χ2n) is 7.17. The average Bonchev–Trinajstić information content (AvgIpc) is 3.00. The number of carbonyl (C=O) groups is 1. The molecule has 0 bridgehead atoms. The highest BCUT2D eigenvalue weighted by Crippen LogP contribution is 2.32. The minimum absolute atomic E-state index is 0.0952. The summed E-state index contributed by atoms with van der Waals surface area (Å²) < 4.78 is 27.8. The first kappa shape index (κ1) is 20.9. The second kappa shape index (κ2) is 9.13. The van der Waals surface area contributed by atoms with Crippen molar-refractivity contribution in [2.24, 2.45) is 4.99 Å². The zero-order chi connectivity index (χ0) is 21.0. The third-order valence-corrected chi connectivity index (χ3v) is 5.04. The first-order chi connectivity index (χ1) is 13.9. The van der Waals surface area contributed by atoms with Crippen molar-refractivity contribution < 1.29 is 13.6 Å². The van der Waals surface area contributed by atoms with E-state index in [1.165, 1.54) is 24.4 Å². The van der Waals surface area contributed by atoms with Gasteiger partial charge >= 0.3 is 0 Å². The summed E-state index contributed by atoms with van der Waals surface area (Å²) in [5.74, 6) is -1.72. The van der Waals surface area contributed by atoms with Gasteiger partial charge in [-0.2, -0.15) is 0 Å². The van der Waals surface area contributed by atoms with E-state index in [0.717, 1.165) is 19.6 Å². The van der Waals surface area contributed by atoms with Crippen molar-refractivity contribution in [1.29, 1.82) is 0 Å². The summed E-state index contributed by atoms with van der Waals surface area (Å²) in [5, 5.41) is 5.82. The standard InChI is InChI=1S/C22H26F2N4O/c1-4-28(5-2)13-14(3)26-20-9-7-16(11-19(20)24)25-12-18-17-8-6-15(23)10-21(17)27-22(18)29/h6-12,14,18,26H,4-5,13H2,1-3H3,(H,27,29). The number of halogens is 2. The smallest absolute Gasteiger partial charge is 0.237 e. The zero-order valence-corrected chi connectivity index (χ0v) is 16.9. The third-order valence-electron chi connectivity index (χ3n) is 5.04. The molecule has 2 unspecified atom stereocenters. The number of hydrogen-bond donors (Lipinski definition) is 2. The van der Waals surface area contributed by atoms with Crippen molar-refractivity contribution in [2.75, 3.05) is 30.3 Å². The highest BCUT2D eigenvalue weighted by atomic mass is 19.1. The van der Waals surface area contributed by atoms with Gasteiger partial charge in [-0.15, -0.1) is 0 Å². The molecule has 0 aromatic heterocycles. The first-order valence-corrected chi connectivity index (χ1v) is 9.84. The summed E-state index contributed by atoms with van der Waals surface area (Å²) in [5.41, 5.74) is 1.93. The lowest BCUT2D eigenvalue weighted by Gasteiger charge is -2.24. The van der Waals surface area contributed by atoms with E-state index in [0.29, 0.717) is 22.6 Å². The second-order valence-corrected chi connectivity index (χ2v) is 7.17. The lowest BCUT2D eigenvalue weighted by atomic mass is 10.0. The molecule has 0 aliphatic carbocycles. The number of aliphatic imine (C=N–C) groups is 1. The van der Waals surface area contributed by atoms with Crippen LogP contribution < -0.4 is 10.6 Å². The molecule has 2 atom stereocenters. The lowest BCUT2D eigenvalue weighted by molar-refractivity contribution is -0.115. The Morgan fingerprint density at radius 3 is 2.66 bits per heavy atom. The molecule has 2 aromatic carbocycles. The van der Waals surface area contributed by atoms with Gasteiger partial charge in [-0.1, -0.05) is 19.9 Å². The van der Waals surface area contributed by atoms with Gasteiger partial charge in [0.05, 0.1) is 11.4 Å². The Bertz CT molecular complexity index is 912. The quantitative estimate of drug-likeness (QED) is 0.640. The monoisotopic (exact) mass is 400 g/mol. The van der Waals surface area contributed by atoms with Gasteiger partial charge < -0.3 is 15.5 Å². The number of rotatable bonds is 8. The molecule has 5 nitrogen and oxygen atoms in total. The summed E-state index contributed by atoms with van der Waals surface area (Å²) in [7, 11) is 0. The SMILES string of the molecule is CCN(CC)CC(C)Nc1ccc(N=CC2C(=O)Nc3cc(F)ccc32)cc1F.